The molecule has 2 aliphatic rings. The number of likely N-dealkylation sites (tertiary alicyclic amines) is 1. The molecular weight excluding hydrogens is 377 g/mol. The summed E-state index contributed by atoms with van der Waals surface area (Å²) in [5.41, 5.74) is 3.16. The first-order valence-corrected chi connectivity index (χ1v) is 11.4. The summed E-state index contributed by atoms with van der Waals surface area (Å²) in [6.45, 7) is 16.6. The van der Waals surface area contributed by atoms with Gasteiger partial charge < -0.3 is 18.9 Å². The van der Waals surface area contributed by atoms with E-state index in [9.17, 15) is 4.79 Å². The van der Waals surface area contributed by atoms with E-state index in [1.54, 1.807) is 0 Å². The number of amides is 1. The Kier molecular flexibility index (Phi) is 6.88. The molecule has 166 valence electrons. The molecule has 6 heteroatoms. The van der Waals surface area contributed by atoms with Crippen LogP contribution in [0.1, 0.15) is 78.4 Å². The second-order valence-electron chi connectivity index (χ2n) is 10.1. The van der Waals surface area contributed by atoms with Gasteiger partial charge in [-0.2, -0.15) is 0 Å². The Balaban J connectivity index is 1.73. The van der Waals surface area contributed by atoms with E-state index in [4.69, 9.17) is 14.0 Å². The average Bonchev–Trinajstić information content (AvgIpc) is 2.92. The van der Waals surface area contributed by atoms with E-state index in [0.717, 1.165) is 37.8 Å². The number of nitrogens with zero attached hydrogens (tertiary/aromatic N) is 1. The first-order valence-electron chi connectivity index (χ1n) is 11.4. The van der Waals surface area contributed by atoms with Gasteiger partial charge in [0.05, 0.1) is 17.8 Å². The smallest absolute Gasteiger partial charge is 0.449 e. The number of carbonyl (C=O) groups is 1. The van der Waals surface area contributed by atoms with E-state index in [0.29, 0.717) is 18.4 Å². The van der Waals surface area contributed by atoms with Crippen molar-refractivity contribution < 1.29 is 18.8 Å². The van der Waals surface area contributed by atoms with Crippen LogP contribution in [-0.2, 0) is 20.5 Å². The highest BCUT2D eigenvalue weighted by molar-refractivity contribution is 6.62. The van der Waals surface area contributed by atoms with Gasteiger partial charge in [0.15, 0.2) is 0 Å². The molecule has 30 heavy (non-hydrogen) atoms. The SMILES string of the molecule is CCc1c(B2OC(C)(C)C(C)(C)O2)cccc1C1CCN(C(=O)OCC(C)C)CC1. The number of hydrogen-bond acceptors (Lipinski definition) is 4. The maximum absolute atomic E-state index is 12.3. The normalized spacial score (nSPS) is 21.3. The lowest BCUT2D eigenvalue weighted by molar-refractivity contribution is 0.00578. The standard InChI is InChI=1S/C24H38BNO4/c1-8-19-20(18-12-14-26(15-13-18)22(27)28-16-17(2)3)10-9-11-21(19)25-29-23(4,5)24(6,7)30-25/h9-11,17-18H,8,12-16H2,1-7H3. The highest BCUT2D eigenvalue weighted by Gasteiger charge is 2.52. The lowest BCUT2D eigenvalue weighted by Crippen LogP contribution is -2.41. The molecule has 0 aliphatic carbocycles. The Bertz CT molecular complexity index is 738. The molecular formula is C24H38BNO4. The van der Waals surface area contributed by atoms with Crippen molar-refractivity contribution in [3.63, 3.8) is 0 Å². The van der Waals surface area contributed by atoms with E-state index in [2.05, 4.69) is 66.7 Å². The number of hydrogen-bond donors (Lipinski definition) is 0. The van der Waals surface area contributed by atoms with Crippen LogP contribution in [-0.4, -0.2) is 49.0 Å². The summed E-state index contributed by atoms with van der Waals surface area (Å²) in [5, 5.41) is 0. The molecule has 0 spiro atoms. The van der Waals surface area contributed by atoms with Gasteiger partial charge in [-0.25, -0.2) is 4.79 Å². The van der Waals surface area contributed by atoms with Crippen molar-refractivity contribution >= 4 is 18.7 Å². The van der Waals surface area contributed by atoms with Crippen molar-refractivity contribution in [3.05, 3.63) is 29.3 Å². The van der Waals surface area contributed by atoms with Crippen LogP contribution >= 0.6 is 0 Å². The van der Waals surface area contributed by atoms with Crippen LogP contribution in [0.2, 0.25) is 0 Å². The Morgan fingerprint density at radius 1 is 1.17 bits per heavy atom. The molecule has 1 amide bonds. The Morgan fingerprint density at radius 3 is 2.30 bits per heavy atom. The fourth-order valence-corrected chi connectivity index (χ4v) is 4.31. The van der Waals surface area contributed by atoms with Gasteiger partial charge in [-0.1, -0.05) is 39.0 Å². The Morgan fingerprint density at radius 2 is 1.77 bits per heavy atom. The van der Waals surface area contributed by atoms with Crippen LogP contribution in [0.3, 0.4) is 0 Å². The molecule has 2 fully saturated rings. The second-order valence-corrected chi connectivity index (χ2v) is 10.1. The number of carbonyl (C=O) groups excluding carboxylic acids is 1. The monoisotopic (exact) mass is 415 g/mol. The lowest BCUT2D eigenvalue weighted by atomic mass is 9.71. The first kappa shape index (κ1) is 23.1. The van der Waals surface area contributed by atoms with E-state index in [-0.39, 0.29) is 24.4 Å². The molecule has 5 nitrogen and oxygen atoms in total. The van der Waals surface area contributed by atoms with E-state index in [1.165, 1.54) is 11.1 Å². The minimum Gasteiger partial charge on any atom is -0.449 e. The maximum atomic E-state index is 12.3. The molecule has 3 rings (SSSR count). The van der Waals surface area contributed by atoms with Gasteiger partial charge in [0, 0.05) is 13.1 Å². The number of piperidine rings is 1. The minimum absolute atomic E-state index is 0.177. The van der Waals surface area contributed by atoms with Crippen molar-refractivity contribution in [1.82, 2.24) is 4.90 Å². The van der Waals surface area contributed by atoms with Gasteiger partial charge in [-0.05, 0) is 75.4 Å². The van der Waals surface area contributed by atoms with Gasteiger partial charge in [-0.15, -0.1) is 0 Å². The van der Waals surface area contributed by atoms with Crippen molar-refractivity contribution in [3.8, 4) is 0 Å². The second kappa shape index (κ2) is 8.92. The predicted molar refractivity (Wildman–Crippen MR) is 121 cm³/mol. The zero-order valence-electron chi connectivity index (χ0n) is 19.8. The summed E-state index contributed by atoms with van der Waals surface area (Å²) < 4.78 is 18.1. The highest BCUT2D eigenvalue weighted by Crippen LogP contribution is 2.37. The predicted octanol–water partition coefficient (Wildman–Crippen LogP) is 4.52. The van der Waals surface area contributed by atoms with Gasteiger partial charge in [0.2, 0.25) is 0 Å². The molecule has 2 saturated heterocycles. The van der Waals surface area contributed by atoms with Crippen LogP contribution in [0, 0.1) is 5.92 Å². The maximum Gasteiger partial charge on any atom is 0.495 e. The fraction of sp³-hybridized carbons (Fsp3) is 0.708. The summed E-state index contributed by atoms with van der Waals surface area (Å²) in [6, 6.07) is 6.51. The summed E-state index contributed by atoms with van der Waals surface area (Å²) in [6.07, 6.45) is 2.67. The molecule has 1 aromatic rings. The van der Waals surface area contributed by atoms with E-state index < -0.39 is 0 Å². The van der Waals surface area contributed by atoms with Gasteiger partial charge in [-0.3, -0.25) is 0 Å². The molecule has 2 aliphatic heterocycles. The summed E-state index contributed by atoms with van der Waals surface area (Å²) >= 11 is 0. The summed E-state index contributed by atoms with van der Waals surface area (Å²) in [5.74, 6) is 0.799. The van der Waals surface area contributed by atoms with Crippen molar-refractivity contribution in [2.45, 2.75) is 84.8 Å². The Labute approximate surface area is 182 Å². The third-order valence-electron chi connectivity index (χ3n) is 6.84. The summed E-state index contributed by atoms with van der Waals surface area (Å²) in [7, 11) is -0.337. The van der Waals surface area contributed by atoms with Gasteiger partial charge >= 0.3 is 13.2 Å². The van der Waals surface area contributed by atoms with Gasteiger partial charge in [0.25, 0.3) is 0 Å². The number of ether oxygens (including phenoxy) is 1. The molecule has 0 atom stereocenters. The Hall–Kier alpha value is -1.53. The van der Waals surface area contributed by atoms with Gasteiger partial charge in [0.1, 0.15) is 0 Å². The molecule has 1 aromatic carbocycles. The van der Waals surface area contributed by atoms with Crippen molar-refractivity contribution in [2.75, 3.05) is 19.7 Å². The average molecular weight is 415 g/mol. The zero-order chi connectivity index (χ0) is 22.1. The molecule has 0 saturated carbocycles. The summed E-state index contributed by atoms with van der Waals surface area (Å²) in [4.78, 5) is 14.1. The zero-order valence-corrected chi connectivity index (χ0v) is 19.8. The van der Waals surface area contributed by atoms with Crippen LogP contribution in [0.5, 0.6) is 0 Å². The quantitative estimate of drug-likeness (QED) is 0.664. The van der Waals surface area contributed by atoms with Crippen LogP contribution in [0.15, 0.2) is 18.2 Å². The molecule has 0 radical (unpaired) electrons. The van der Waals surface area contributed by atoms with Crippen molar-refractivity contribution in [2.24, 2.45) is 5.92 Å². The largest absolute Gasteiger partial charge is 0.495 e. The number of benzene rings is 1. The lowest BCUT2D eigenvalue weighted by Gasteiger charge is -2.33. The minimum atomic E-state index is -0.347. The highest BCUT2D eigenvalue weighted by atomic mass is 16.7. The molecule has 0 bridgehead atoms. The fourth-order valence-electron chi connectivity index (χ4n) is 4.31. The third kappa shape index (κ3) is 4.70. The van der Waals surface area contributed by atoms with Crippen LogP contribution in [0.25, 0.3) is 0 Å². The topological polar surface area (TPSA) is 48.0 Å². The van der Waals surface area contributed by atoms with Crippen LogP contribution in [0.4, 0.5) is 4.79 Å². The molecule has 0 unspecified atom stereocenters. The molecule has 2 heterocycles. The first-order chi connectivity index (χ1) is 14.1. The van der Waals surface area contributed by atoms with Crippen LogP contribution < -0.4 is 5.46 Å². The third-order valence-corrected chi connectivity index (χ3v) is 6.84. The molecule has 0 N–H and O–H groups in total. The molecule has 0 aromatic heterocycles. The van der Waals surface area contributed by atoms with E-state index >= 15 is 0 Å². The number of rotatable bonds is 5. The van der Waals surface area contributed by atoms with E-state index in [1.807, 2.05) is 4.90 Å². The van der Waals surface area contributed by atoms with Crippen molar-refractivity contribution in [1.29, 1.82) is 0 Å².